The molecule has 4 aliphatic carbocycles. The van der Waals surface area contributed by atoms with Gasteiger partial charge in [0.15, 0.2) is 0 Å². The molecule has 1 unspecified atom stereocenters. The van der Waals surface area contributed by atoms with Crippen LogP contribution in [0.25, 0.3) is 0 Å². The van der Waals surface area contributed by atoms with E-state index >= 15 is 0 Å². The van der Waals surface area contributed by atoms with Gasteiger partial charge in [0.25, 0.3) is 0 Å². The molecule has 2 heteroatoms. The van der Waals surface area contributed by atoms with Gasteiger partial charge in [-0.25, -0.2) is 0 Å². The van der Waals surface area contributed by atoms with Gasteiger partial charge in [-0.15, -0.1) is 0 Å². The minimum Gasteiger partial charge on any atom is -0.481 e. The number of hydrogen-bond acceptors (Lipinski definition) is 1. The van der Waals surface area contributed by atoms with E-state index in [-0.39, 0.29) is 22.2 Å². The van der Waals surface area contributed by atoms with Crippen molar-refractivity contribution < 1.29 is 9.90 Å². The number of rotatable bonds is 1. The van der Waals surface area contributed by atoms with E-state index < -0.39 is 5.97 Å². The Morgan fingerprint density at radius 1 is 1.23 bits per heavy atom. The molecular formula is C20H30O2. The Kier molecular flexibility index (Phi) is 2.81. The number of carboxylic acid groups (broad SMARTS) is 1. The quantitative estimate of drug-likeness (QED) is 0.700. The number of hydrogen-bond donors (Lipinski definition) is 1. The standard InChI is InChI=1S/C20H30O2/c1-12-10-20-11-13(12)6-7-14(20)19(4)9-5-8-18(2,3)16(19)15(20)17(21)22/h13-16H,1,5-11H2,2-4H3,(H,21,22)/t13?,14-,15+,16+,19-,20-/m0/s1. The van der Waals surface area contributed by atoms with Crippen LogP contribution in [0.3, 0.4) is 0 Å². The first kappa shape index (κ1) is 14.8. The van der Waals surface area contributed by atoms with Gasteiger partial charge in [-0.2, -0.15) is 0 Å². The van der Waals surface area contributed by atoms with Gasteiger partial charge in [-0.05, 0) is 72.5 Å². The van der Waals surface area contributed by atoms with Crippen molar-refractivity contribution in [3.05, 3.63) is 12.2 Å². The summed E-state index contributed by atoms with van der Waals surface area (Å²) in [6.45, 7) is 11.4. The first-order valence-corrected chi connectivity index (χ1v) is 9.13. The molecule has 4 rings (SSSR count). The SMILES string of the molecule is C=C1C[C@]23CC1CC[C@H]2[C@]1(C)CCCC(C)(C)[C@H]1[C@@H]3C(=O)O. The summed E-state index contributed by atoms with van der Waals surface area (Å²) in [6.07, 6.45) is 8.26. The second-order valence-electron chi connectivity index (χ2n) is 9.74. The van der Waals surface area contributed by atoms with E-state index in [1.165, 1.54) is 37.7 Å². The van der Waals surface area contributed by atoms with E-state index in [2.05, 4.69) is 27.4 Å². The van der Waals surface area contributed by atoms with Crippen molar-refractivity contribution >= 4 is 5.97 Å². The highest BCUT2D eigenvalue weighted by Crippen LogP contribution is 2.77. The molecule has 0 aromatic carbocycles. The summed E-state index contributed by atoms with van der Waals surface area (Å²) >= 11 is 0. The zero-order valence-corrected chi connectivity index (χ0v) is 14.3. The lowest BCUT2D eigenvalue weighted by atomic mass is 9.54. The molecule has 6 atom stereocenters. The molecule has 4 fully saturated rings. The summed E-state index contributed by atoms with van der Waals surface area (Å²) < 4.78 is 0. The van der Waals surface area contributed by atoms with E-state index in [0.29, 0.717) is 17.8 Å². The molecule has 2 bridgehead atoms. The van der Waals surface area contributed by atoms with Gasteiger partial charge in [-0.3, -0.25) is 4.79 Å². The number of aliphatic carboxylic acids is 1. The molecule has 0 saturated heterocycles. The van der Waals surface area contributed by atoms with E-state index in [0.717, 1.165) is 12.8 Å². The second-order valence-corrected chi connectivity index (χ2v) is 9.74. The third kappa shape index (κ3) is 1.55. The van der Waals surface area contributed by atoms with Crippen LogP contribution >= 0.6 is 0 Å². The fourth-order valence-corrected chi connectivity index (χ4v) is 7.98. The van der Waals surface area contributed by atoms with Crippen LogP contribution in [0.4, 0.5) is 0 Å². The maximum absolute atomic E-state index is 12.4. The van der Waals surface area contributed by atoms with Crippen molar-refractivity contribution in [3.8, 4) is 0 Å². The van der Waals surface area contributed by atoms with Crippen LogP contribution in [0, 0.1) is 39.9 Å². The van der Waals surface area contributed by atoms with Crippen LogP contribution < -0.4 is 0 Å². The van der Waals surface area contributed by atoms with Crippen LogP contribution in [-0.4, -0.2) is 11.1 Å². The molecule has 0 radical (unpaired) electrons. The number of carboxylic acids is 1. The van der Waals surface area contributed by atoms with Gasteiger partial charge >= 0.3 is 5.97 Å². The Morgan fingerprint density at radius 3 is 2.64 bits per heavy atom. The molecular weight excluding hydrogens is 272 g/mol. The van der Waals surface area contributed by atoms with Crippen LogP contribution in [0.1, 0.15) is 65.7 Å². The van der Waals surface area contributed by atoms with Crippen LogP contribution in [-0.2, 0) is 4.79 Å². The Morgan fingerprint density at radius 2 is 1.95 bits per heavy atom. The van der Waals surface area contributed by atoms with Gasteiger partial charge in [0, 0.05) is 0 Å². The molecule has 0 heterocycles. The first-order valence-electron chi connectivity index (χ1n) is 9.13. The molecule has 2 nitrogen and oxygen atoms in total. The van der Waals surface area contributed by atoms with Gasteiger partial charge in [-0.1, -0.05) is 39.3 Å². The van der Waals surface area contributed by atoms with Crippen LogP contribution in [0.15, 0.2) is 12.2 Å². The fourth-order valence-electron chi connectivity index (χ4n) is 7.98. The van der Waals surface area contributed by atoms with E-state index in [1.54, 1.807) is 0 Å². The zero-order chi connectivity index (χ0) is 15.9. The maximum Gasteiger partial charge on any atom is 0.307 e. The van der Waals surface area contributed by atoms with E-state index in [1.807, 2.05) is 0 Å². The van der Waals surface area contributed by atoms with Gasteiger partial charge in [0.2, 0.25) is 0 Å². The summed E-state index contributed by atoms with van der Waals surface area (Å²) in [5.74, 6) is 0.857. The Labute approximate surface area is 134 Å². The molecule has 0 amide bonds. The lowest BCUT2D eigenvalue weighted by Crippen LogP contribution is -2.45. The number of allylic oxidation sites excluding steroid dienone is 1. The third-order valence-corrected chi connectivity index (χ3v) is 8.36. The highest BCUT2D eigenvalue weighted by atomic mass is 16.4. The second kappa shape index (κ2) is 4.19. The van der Waals surface area contributed by atoms with Crippen molar-refractivity contribution in [2.75, 3.05) is 0 Å². The molecule has 4 aliphatic rings. The Hall–Kier alpha value is -0.790. The lowest BCUT2D eigenvalue weighted by Gasteiger charge is -2.51. The van der Waals surface area contributed by atoms with Gasteiger partial charge in [0.1, 0.15) is 0 Å². The highest BCUT2D eigenvalue weighted by Gasteiger charge is 2.73. The Bertz CT molecular complexity index is 548. The van der Waals surface area contributed by atoms with E-state index in [9.17, 15) is 9.90 Å². The topological polar surface area (TPSA) is 37.3 Å². The van der Waals surface area contributed by atoms with E-state index in [4.69, 9.17) is 0 Å². The molecule has 1 N–H and O–H groups in total. The first-order chi connectivity index (χ1) is 10.2. The Balaban J connectivity index is 1.91. The van der Waals surface area contributed by atoms with Crippen LogP contribution in [0.5, 0.6) is 0 Å². The average molecular weight is 302 g/mol. The number of carbonyl (C=O) groups is 1. The summed E-state index contributed by atoms with van der Waals surface area (Å²) in [5, 5.41) is 10.2. The zero-order valence-electron chi connectivity index (χ0n) is 14.3. The molecule has 122 valence electrons. The predicted octanol–water partition coefficient (Wildman–Crippen LogP) is 4.90. The van der Waals surface area contributed by atoms with Gasteiger partial charge < -0.3 is 5.11 Å². The molecule has 0 aromatic rings. The molecule has 1 spiro atoms. The van der Waals surface area contributed by atoms with Crippen molar-refractivity contribution in [1.82, 2.24) is 0 Å². The monoisotopic (exact) mass is 302 g/mol. The summed E-state index contributed by atoms with van der Waals surface area (Å²) in [5.41, 5.74) is 1.75. The van der Waals surface area contributed by atoms with Crippen molar-refractivity contribution in [1.29, 1.82) is 0 Å². The summed E-state index contributed by atoms with van der Waals surface area (Å²) in [4.78, 5) is 12.4. The fraction of sp³-hybridized carbons (Fsp3) is 0.850. The summed E-state index contributed by atoms with van der Waals surface area (Å²) in [6, 6.07) is 0. The molecule has 0 aromatic heterocycles. The molecule has 22 heavy (non-hydrogen) atoms. The largest absolute Gasteiger partial charge is 0.481 e. The van der Waals surface area contributed by atoms with Crippen molar-refractivity contribution in [3.63, 3.8) is 0 Å². The smallest absolute Gasteiger partial charge is 0.307 e. The van der Waals surface area contributed by atoms with Crippen LogP contribution in [0.2, 0.25) is 0 Å². The number of fused-ring (bicyclic) bond motifs is 3. The minimum atomic E-state index is -0.524. The summed E-state index contributed by atoms with van der Waals surface area (Å²) in [7, 11) is 0. The third-order valence-electron chi connectivity index (χ3n) is 8.36. The minimum absolute atomic E-state index is 0.0207. The average Bonchev–Trinajstić information content (AvgIpc) is 2.79. The maximum atomic E-state index is 12.4. The molecule has 0 aliphatic heterocycles. The predicted molar refractivity (Wildman–Crippen MR) is 87.4 cm³/mol. The van der Waals surface area contributed by atoms with Gasteiger partial charge in [0.05, 0.1) is 5.92 Å². The van der Waals surface area contributed by atoms with Crippen molar-refractivity contribution in [2.24, 2.45) is 39.9 Å². The normalized spacial score (nSPS) is 52.2. The lowest BCUT2D eigenvalue weighted by molar-refractivity contribution is -0.152. The highest BCUT2D eigenvalue weighted by molar-refractivity contribution is 5.73. The van der Waals surface area contributed by atoms with Crippen molar-refractivity contribution in [2.45, 2.75) is 65.7 Å². The molecule has 4 saturated carbocycles.